The fraction of sp³-hybridized carbons (Fsp3) is 0.522. The summed E-state index contributed by atoms with van der Waals surface area (Å²) in [5.41, 5.74) is -1.33. The number of alkyl halides is 3. The molecule has 0 saturated carbocycles. The number of carbonyl (C=O) groups is 2. The second-order valence-electron chi connectivity index (χ2n) is 9.59. The van der Waals surface area contributed by atoms with E-state index in [9.17, 15) is 27.2 Å². The summed E-state index contributed by atoms with van der Waals surface area (Å²) in [5.74, 6) is -1.98. The fourth-order valence-corrected chi connectivity index (χ4v) is 4.02. The Morgan fingerprint density at radius 3 is 2.38 bits per heavy atom. The zero-order valence-electron chi connectivity index (χ0n) is 19.8. The predicted molar refractivity (Wildman–Crippen MR) is 118 cm³/mol. The first-order chi connectivity index (χ1) is 15.7. The van der Waals surface area contributed by atoms with Gasteiger partial charge < -0.3 is 20.1 Å². The number of amides is 2. The number of hydrogen-bond acceptors (Lipinski definition) is 4. The second kappa shape index (κ2) is 9.36. The van der Waals surface area contributed by atoms with Gasteiger partial charge >= 0.3 is 6.18 Å². The zero-order chi connectivity index (χ0) is 25.4. The van der Waals surface area contributed by atoms with Gasteiger partial charge in [-0.05, 0) is 43.6 Å². The first-order valence-electron chi connectivity index (χ1n) is 10.9. The lowest BCUT2D eigenvalue weighted by Gasteiger charge is -2.29. The minimum atomic E-state index is -4.74. The monoisotopic (exact) mass is 483 g/mol. The quantitative estimate of drug-likeness (QED) is 0.654. The van der Waals surface area contributed by atoms with E-state index in [1.165, 1.54) is 7.05 Å². The van der Waals surface area contributed by atoms with E-state index in [1.807, 2.05) is 11.9 Å². The van der Waals surface area contributed by atoms with E-state index in [0.29, 0.717) is 37.8 Å². The molecule has 1 aliphatic heterocycles. The summed E-state index contributed by atoms with van der Waals surface area (Å²) in [4.78, 5) is 32.1. The molecule has 7 nitrogen and oxygen atoms in total. The van der Waals surface area contributed by atoms with E-state index >= 15 is 0 Å². The van der Waals surface area contributed by atoms with Gasteiger partial charge in [-0.15, -0.1) is 0 Å². The Hall–Kier alpha value is -2.95. The number of carbonyl (C=O) groups excluding carboxylic acids is 2. The normalized spacial score (nSPS) is 15.9. The Bertz CT molecular complexity index is 1090. The van der Waals surface area contributed by atoms with E-state index in [1.54, 1.807) is 25.3 Å². The van der Waals surface area contributed by atoms with Crippen molar-refractivity contribution in [3.05, 3.63) is 41.0 Å². The lowest BCUT2D eigenvalue weighted by Crippen LogP contribution is -2.53. The van der Waals surface area contributed by atoms with Crippen molar-refractivity contribution in [2.45, 2.75) is 52.5 Å². The summed E-state index contributed by atoms with van der Waals surface area (Å²) in [6.45, 7) is 6.80. The van der Waals surface area contributed by atoms with Crippen molar-refractivity contribution in [2.24, 2.45) is 5.41 Å². The van der Waals surface area contributed by atoms with E-state index in [4.69, 9.17) is 0 Å². The van der Waals surface area contributed by atoms with Gasteiger partial charge in [0, 0.05) is 25.7 Å². The topological polar surface area (TPSA) is 79.3 Å². The summed E-state index contributed by atoms with van der Waals surface area (Å²) in [7, 11) is 3.32. The van der Waals surface area contributed by atoms with Gasteiger partial charge in [-0.2, -0.15) is 13.2 Å². The van der Waals surface area contributed by atoms with Crippen LogP contribution in [0, 0.1) is 11.2 Å². The summed E-state index contributed by atoms with van der Waals surface area (Å²) in [5, 5.41) is 5.25. The van der Waals surface area contributed by atoms with Crippen LogP contribution < -0.4 is 10.6 Å². The zero-order valence-corrected chi connectivity index (χ0v) is 19.8. The average molecular weight is 484 g/mol. The van der Waals surface area contributed by atoms with Crippen LogP contribution in [0.3, 0.4) is 0 Å². The molecule has 0 unspecified atom stereocenters. The molecule has 3 rings (SSSR count). The minimum Gasteiger partial charge on any atom is -0.357 e. The van der Waals surface area contributed by atoms with E-state index < -0.39 is 34.9 Å². The molecular weight excluding hydrogens is 454 g/mol. The molecule has 0 fully saturated rings. The standard InChI is InChI=1S/C23H29F4N5O2/c1-22(2,3)18(21(34)28-4)30-20(33)17-16-12-31(5)7-6-8-32(16)19(29-17)13-9-14(23(25,26)27)11-15(24)10-13/h9-11,18H,6-8,12H2,1-5H3,(H,28,34)(H,30,33)/t18-/m1/s1. The highest BCUT2D eigenvalue weighted by atomic mass is 19.4. The number of fused-ring (bicyclic) bond motifs is 1. The Kier molecular flexibility index (Phi) is 7.07. The van der Waals surface area contributed by atoms with Crippen LogP contribution in [-0.2, 0) is 24.1 Å². The molecule has 2 aromatic rings. The average Bonchev–Trinajstić information content (AvgIpc) is 2.96. The van der Waals surface area contributed by atoms with Crippen LogP contribution in [0.1, 0.15) is 48.9 Å². The Labute approximate surface area is 195 Å². The molecule has 2 N–H and O–H groups in total. The molecule has 0 spiro atoms. The highest BCUT2D eigenvalue weighted by Crippen LogP contribution is 2.34. The molecule has 1 atom stereocenters. The third-order valence-corrected chi connectivity index (χ3v) is 5.76. The molecule has 0 bridgehead atoms. The number of nitrogens with one attached hydrogen (secondary N) is 2. The van der Waals surface area contributed by atoms with Gasteiger partial charge in [-0.3, -0.25) is 9.59 Å². The van der Waals surface area contributed by atoms with Gasteiger partial charge in [-0.25, -0.2) is 9.37 Å². The Balaban J connectivity index is 2.13. The van der Waals surface area contributed by atoms with E-state index in [0.717, 1.165) is 12.1 Å². The summed E-state index contributed by atoms with van der Waals surface area (Å²) < 4.78 is 55.8. The van der Waals surface area contributed by atoms with Crippen LogP contribution in [0.25, 0.3) is 11.4 Å². The largest absolute Gasteiger partial charge is 0.416 e. The van der Waals surface area contributed by atoms with Crippen molar-refractivity contribution in [1.82, 2.24) is 25.1 Å². The van der Waals surface area contributed by atoms with Gasteiger partial charge in [0.15, 0.2) is 5.69 Å². The maximum absolute atomic E-state index is 14.1. The summed E-state index contributed by atoms with van der Waals surface area (Å²) in [6, 6.07) is 1.36. The number of nitrogens with zero attached hydrogens (tertiary/aromatic N) is 3. The van der Waals surface area contributed by atoms with Crippen molar-refractivity contribution < 1.29 is 27.2 Å². The molecule has 11 heteroatoms. The smallest absolute Gasteiger partial charge is 0.357 e. The van der Waals surface area contributed by atoms with Gasteiger partial charge in [0.2, 0.25) is 5.91 Å². The number of likely N-dealkylation sites (N-methyl/N-ethyl adjacent to an activating group) is 1. The molecule has 2 heterocycles. The van der Waals surface area contributed by atoms with Crippen LogP contribution in [0.2, 0.25) is 0 Å². The van der Waals surface area contributed by atoms with Gasteiger partial charge in [0.1, 0.15) is 17.7 Å². The van der Waals surface area contributed by atoms with E-state index in [2.05, 4.69) is 15.6 Å². The molecule has 2 amide bonds. The van der Waals surface area contributed by atoms with Crippen LogP contribution in [0.5, 0.6) is 0 Å². The molecule has 1 aromatic carbocycles. The maximum Gasteiger partial charge on any atom is 0.416 e. The molecule has 34 heavy (non-hydrogen) atoms. The number of hydrogen-bond donors (Lipinski definition) is 2. The Morgan fingerprint density at radius 2 is 1.79 bits per heavy atom. The van der Waals surface area contributed by atoms with Crippen LogP contribution in [0.15, 0.2) is 18.2 Å². The highest BCUT2D eigenvalue weighted by molar-refractivity contribution is 5.97. The number of benzene rings is 1. The summed E-state index contributed by atoms with van der Waals surface area (Å²) >= 11 is 0. The van der Waals surface area contributed by atoms with Crippen LogP contribution >= 0.6 is 0 Å². The number of aromatic nitrogens is 2. The van der Waals surface area contributed by atoms with E-state index in [-0.39, 0.29) is 23.0 Å². The maximum atomic E-state index is 14.1. The highest BCUT2D eigenvalue weighted by Gasteiger charge is 2.36. The predicted octanol–water partition coefficient (Wildman–Crippen LogP) is 3.43. The summed E-state index contributed by atoms with van der Waals surface area (Å²) in [6.07, 6.45) is -4.07. The first kappa shape index (κ1) is 25.7. The molecule has 0 aliphatic carbocycles. The molecular formula is C23H29F4N5O2. The number of imidazole rings is 1. The molecule has 1 aliphatic rings. The van der Waals surface area contributed by atoms with Crippen molar-refractivity contribution in [2.75, 3.05) is 20.6 Å². The first-order valence-corrected chi connectivity index (χ1v) is 10.9. The molecule has 186 valence electrons. The van der Waals surface area contributed by atoms with Gasteiger partial charge in [0.05, 0.1) is 11.3 Å². The van der Waals surface area contributed by atoms with Gasteiger partial charge in [-0.1, -0.05) is 20.8 Å². The SMILES string of the molecule is CNC(=O)[C@@H](NC(=O)c1nc(-c2cc(F)cc(C(F)(F)F)c2)n2c1CN(C)CCC2)C(C)(C)C. The third-order valence-electron chi connectivity index (χ3n) is 5.76. The molecule has 0 saturated heterocycles. The second-order valence-corrected chi connectivity index (χ2v) is 9.59. The number of rotatable bonds is 4. The van der Waals surface area contributed by atoms with Crippen molar-refractivity contribution in [3.63, 3.8) is 0 Å². The minimum absolute atomic E-state index is 0.000257. The van der Waals surface area contributed by atoms with Gasteiger partial charge in [0.25, 0.3) is 5.91 Å². The lowest BCUT2D eigenvalue weighted by molar-refractivity contribution is -0.137. The van der Waals surface area contributed by atoms with Crippen LogP contribution in [-0.4, -0.2) is 52.9 Å². The lowest BCUT2D eigenvalue weighted by atomic mass is 9.86. The Morgan fingerprint density at radius 1 is 1.12 bits per heavy atom. The third kappa shape index (κ3) is 5.40. The van der Waals surface area contributed by atoms with Crippen molar-refractivity contribution in [1.29, 1.82) is 0 Å². The number of halogens is 4. The van der Waals surface area contributed by atoms with Crippen molar-refractivity contribution >= 4 is 11.8 Å². The van der Waals surface area contributed by atoms with Crippen molar-refractivity contribution in [3.8, 4) is 11.4 Å². The molecule has 1 aromatic heterocycles. The fourth-order valence-electron chi connectivity index (χ4n) is 4.02. The van der Waals surface area contributed by atoms with Crippen LogP contribution in [0.4, 0.5) is 17.6 Å². The molecule has 0 radical (unpaired) electrons.